The van der Waals surface area contributed by atoms with Crippen molar-refractivity contribution in [3.8, 4) is 0 Å². The third kappa shape index (κ3) is 2.57. The molecule has 3 unspecified atom stereocenters. The summed E-state index contributed by atoms with van der Waals surface area (Å²) < 4.78 is 0. The van der Waals surface area contributed by atoms with Crippen LogP contribution in [0.3, 0.4) is 0 Å². The molecule has 1 N–H and O–H groups in total. The lowest BCUT2D eigenvalue weighted by Crippen LogP contribution is -2.54. The quantitative estimate of drug-likeness (QED) is 0.738. The number of carbonyl (C=O) groups is 1. The van der Waals surface area contributed by atoms with Crippen molar-refractivity contribution in [2.75, 3.05) is 6.54 Å². The molecule has 92 valence electrons. The van der Waals surface area contributed by atoms with E-state index in [-0.39, 0.29) is 6.04 Å². The molecule has 2 fully saturated rings. The highest BCUT2D eigenvalue weighted by Crippen LogP contribution is 2.20. The molecule has 3 nitrogen and oxygen atoms in total. The molecule has 1 amide bonds. The first-order valence-electron chi connectivity index (χ1n) is 6.75. The molecule has 3 atom stereocenters. The Kier molecular flexibility index (Phi) is 3.85. The van der Waals surface area contributed by atoms with Gasteiger partial charge in [-0.1, -0.05) is 0 Å². The van der Waals surface area contributed by atoms with Crippen molar-refractivity contribution in [3.05, 3.63) is 0 Å². The fraction of sp³-hybridized carbons (Fsp3) is 0.923. The van der Waals surface area contributed by atoms with Gasteiger partial charge in [-0.15, -0.1) is 0 Å². The van der Waals surface area contributed by atoms with Crippen molar-refractivity contribution in [1.82, 2.24) is 10.2 Å². The van der Waals surface area contributed by atoms with Gasteiger partial charge in [0, 0.05) is 18.6 Å². The van der Waals surface area contributed by atoms with Gasteiger partial charge in [-0.2, -0.15) is 0 Å². The van der Waals surface area contributed by atoms with Crippen LogP contribution in [0.15, 0.2) is 0 Å². The maximum Gasteiger partial charge on any atom is 0.239 e. The fourth-order valence-corrected chi connectivity index (χ4v) is 2.96. The number of hydrogen-bond donors (Lipinski definition) is 1. The standard InChI is InChI=1S/C13H24N2O/c1-10-6-5-8-12(14-10)13(16)15-9-4-3-7-11(15)2/h10-12,14H,3-9H2,1-2H3. The number of hydrogen-bond acceptors (Lipinski definition) is 2. The molecule has 16 heavy (non-hydrogen) atoms. The summed E-state index contributed by atoms with van der Waals surface area (Å²) in [5.74, 6) is 0.346. The molecule has 0 bridgehead atoms. The molecule has 0 aromatic carbocycles. The summed E-state index contributed by atoms with van der Waals surface area (Å²) in [6, 6.07) is 1.03. The van der Waals surface area contributed by atoms with Crippen LogP contribution in [0.5, 0.6) is 0 Å². The minimum atomic E-state index is 0.0873. The molecule has 0 radical (unpaired) electrons. The van der Waals surface area contributed by atoms with E-state index in [0.29, 0.717) is 18.0 Å². The van der Waals surface area contributed by atoms with Gasteiger partial charge in [0.05, 0.1) is 6.04 Å². The number of carbonyl (C=O) groups excluding carboxylic acids is 1. The molecule has 2 saturated heterocycles. The second-order valence-electron chi connectivity index (χ2n) is 5.43. The molecule has 0 aromatic heterocycles. The van der Waals surface area contributed by atoms with Crippen LogP contribution in [-0.4, -0.2) is 35.5 Å². The van der Waals surface area contributed by atoms with Gasteiger partial charge in [0.2, 0.25) is 5.91 Å². The summed E-state index contributed by atoms with van der Waals surface area (Å²) in [5.41, 5.74) is 0. The number of nitrogens with zero attached hydrogens (tertiary/aromatic N) is 1. The zero-order chi connectivity index (χ0) is 11.5. The van der Waals surface area contributed by atoms with Crippen molar-refractivity contribution >= 4 is 5.91 Å². The highest BCUT2D eigenvalue weighted by atomic mass is 16.2. The molecule has 0 aliphatic carbocycles. The third-order valence-electron chi connectivity index (χ3n) is 4.00. The summed E-state index contributed by atoms with van der Waals surface area (Å²) in [6.07, 6.45) is 7.05. The van der Waals surface area contributed by atoms with E-state index in [4.69, 9.17) is 0 Å². The van der Waals surface area contributed by atoms with Crippen LogP contribution in [0.4, 0.5) is 0 Å². The van der Waals surface area contributed by atoms with Crippen LogP contribution in [-0.2, 0) is 4.79 Å². The Morgan fingerprint density at radius 3 is 2.62 bits per heavy atom. The van der Waals surface area contributed by atoms with E-state index in [2.05, 4.69) is 24.1 Å². The largest absolute Gasteiger partial charge is 0.339 e. The summed E-state index contributed by atoms with van der Waals surface area (Å²) in [7, 11) is 0. The molecule has 2 heterocycles. The van der Waals surface area contributed by atoms with E-state index < -0.39 is 0 Å². The SMILES string of the molecule is CC1CCCC(C(=O)N2CCCCC2C)N1. The zero-order valence-electron chi connectivity index (χ0n) is 10.5. The zero-order valence-corrected chi connectivity index (χ0v) is 10.5. The number of rotatable bonds is 1. The molecule has 0 saturated carbocycles. The minimum Gasteiger partial charge on any atom is -0.339 e. The summed E-state index contributed by atoms with van der Waals surface area (Å²) in [5, 5.41) is 3.44. The average Bonchev–Trinajstić information content (AvgIpc) is 2.29. The van der Waals surface area contributed by atoms with E-state index in [0.717, 1.165) is 13.0 Å². The first kappa shape index (κ1) is 11.9. The molecular weight excluding hydrogens is 200 g/mol. The molecule has 2 aliphatic heterocycles. The van der Waals surface area contributed by atoms with Gasteiger partial charge >= 0.3 is 0 Å². The molecule has 2 aliphatic rings. The van der Waals surface area contributed by atoms with Crippen LogP contribution in [0, 0.1) is 0 Å². The second-order valence-corrected chi connectivity index (χ2v) is 5.43. The normalized spacial score (nSPS) is 36.1. The highest BCUT2D eigenvalue weighted by Gasteiger charge is 2.31. The van der Waals surface area contributed by atoms with E-state index in [1.54, 1.807) is 0 Å². The lowest BCUT2D eigenvalue weighted by Gasteiger charge is -2.38. The number of likely N-dealkylation sites (tertiary alicyclic amines) is 1. The second kappa shape index (κ2) is 5.17. The molecule has 0 spiro atoms. The summed E-state index contributed by atoms with van der Waals surface area (Å²) >= 11 is 0. The summed E-state index contributed by atoms with van der Waals surface area (Å²) in [4.78, 5) is 14.5. The minimum absolute atomic E-state index is 0.0873. The van der Waals surface area contributed by atoms with Crippen molar-refractivity contribution in [3.63, 3.8) is 0 Å². The number of nitrogens with one attached hydrogen (secondary N) is 1. The lowest BCUT2D eigenvalue weighted by molar-refractivity contribution is -0.137. The van der Waals surface area contributed by atoms with Gasteiger partial charge in [-0.25, -0.2) is 0 Å². The van der Waals surface area contributed by atoms with Crippen LogP contribution in [0.25, 0.3) is 0 Å². The van der Waals surface area contributed by atoms with Gasteiger partial charge in [-0.05, 0) is 52.4 Å². The molecular formula is C13H24N2O. The van der Waals surface area contributed by atoms with Crippen LogP contribution < -0.4 is 5.32 Å². The van der Waals surface area contributed by atoms with Crippen LogP contribution >= 0.6 is 0 Å². The third-order valence-corrected chi connectivity index (χ3v) is 4.00. The Morgan fingerprint density at radius 1 is 1.12 bits per heavy atom. The Labute approximate surface area is 98.6 Å². The maximum atomic E-state index is 12.4. The van der Waals surface area contributed by atoms with Gasteiger partial charge < -0.3 is 10.2 Å². The molecule has 0 aromatic rings. The van der Waals surface area contributed by atoms with Gasteiger partial charge in [0.1, 0.15) is 0 Å². The van der Waals surface area contributed by atoms with Crippen molar-refractivity contribution < 1.29 is 4.79 Å². The van der Waals surface area contributed by atoms with Gasteiger partial charge in [-0.3, -0.25) is 4.79 Å². The number of amides is 1. The van der Waals surface area contributed by atoms with Crippen LogP contribution in [0.1, 0.15) is 52.4 Å². The predicted molar refractivity (Wildman–Crippen MR) is 65.3 cm³/mol. The van der Waals surface area contributed by atoms with Crippen LogP contribution in [0.2, 0.25) is 0 Å². The van der Waals surface area contributed by atoms with Crippen molar-refractivity contribution in [2.24, 2.45) is 0 Å². The lowest BCUT2D eigenvalue weighted by atomic mass is 9.96. The predicted octanol–water partition coefficient (Wildman–Crippen LogP) is 1.92. The highest BCUT2D eigenvalue weighted by molar-refractivity contribution is 5.82. The Morgan fingerprint density at radius 2 is 1.94 bits per heavy atom. The first-order valence-corrected chi connectivity index (χ1v) is 6.75. The number of piperidine rings is 2. The Bertz CT molecular complexity index is 254. The van der Waals surface area contributed by atoms with Crippen molar-refractivity contribution in [2.45, 2.75) is 70.5 Å². The smallest absolute Gasteiger partial charge is 0.239 e. The molecule has 3 heteroatoms. The molecule has 2 rings (SSSR count). The van der Waals surface area contributed by atoms with Gasteiger partial charge in [0.25, 0.3) is 0 Å². The van der Waals surface area contributed by atoms with E-state index in [1.807, 2.05) is 0 Å². The topological polar surface area (TPSA) is 32.3 Å². The fourth-order valence-electron chi connectivity index (χ4n) is 2.96. The monoisotopic (exact) mass is 224 g/mol. The van der Waals surface area contributed by atoms with E-state index in [9.17, 15) is 4.79 Å². The van der Waals surface area contributed by atoms with E-state index in [1.165, 1.54) is 32.1 Å². The summed E-state index contributed by atoms with van der Waals surface area (Å²) in [6.45, 7) is 5.33. The Hall–Kier alpha value is -0.570. The van der Waals surface area contributed by atoms with E-state index >= 15 is 0 Å². The maximum absolute atomic E-state index is 12.4. The average molecular weight is 224 g/mol. The first-order chi connectivity index (χ1) is 7.68. The van der Waals surface area contributed by atoms with Gasteiger partial charge in [0.15, 0.2) is 0 Å². The van der Waals surface area contributed by atoms with Crippen molar-refractivity contribution in [1.29, 1.82) is 0 Å². The Balaban J connectivity index is 1.94.